The van der Waals surface area contributed by atoms with E-state index in [2.05, 4.69) is 15.5 Å². The minimum absolute atomic E-state index is 0.00928. The molecule has 0 saturated heterocycles. The second-order valence-corrected chi connectivity index (χ2v) is 6.24. The van der Waals surface area contributed by atoms with Crippen molar-refractivity contribution in [1.29, 1.82) is 0 Å². The van der Waals surface area contributed by atoms with Crippen molar-refractivity contribution in [3.63, 3.8) is 0 Å². The van der Waals surface area contributed by atoms with Crippen LogP contribution in [0.5, 0.6) is 5.75 Å². The van der Waals surface area contributed by atoms with Crippen LogP contribution in [0, 0.1) is 4.77 Å². The molecule has 1 aliphatic rings. The number of nitrogens with one attached hydrogen (secondary N) is 2. The summed E-state index contributed by atoms with van der Waals surface area (Å²) in [5.41, 5.74) is 0.943. The predicted octanol–water partition coefficient (Wildman–Crippen LogP) is 2.70. The van der Waals surface area contributed by atoms with Crippen molar-refractivity contribution in [2.24, 2.45) is 0 Å². The molecule has 2 aromatic rings. The molecule has 0 saturated carbocycles. The Morgan fingerprint density at radius 1 is 1.52 bits per heavy atom. The molecule has 1 atom stereocenters. The third kappa shape index (κ3) is 3.14. The van der Waals surface area contributed by atoms with Gasteiger partial charge >= 0.3 is 0 Å². The molecule has 1 aromatic carbocycles. The Kier molecular flexibility index (Phi) is 4.47. The van der Waals surface area contributed by atoms with E-state index in [1.807, 2.05) is 42.7 Å². The molecule has 2 N–H and O–H groups in total. The molecule has 3 rings (SSSR count). The number of hydrogen-bond donors (Lipinski definition) is 2. The van der Waals surface area contributed by atoms with Gasteiger partial charge in [-0.3, -0.25) is 9.89 Å². The predicted molar refractivity (Wildman–Crippen MR) is 88.9 cm³/mol. The normalized spacial score (nSPS) is 16.7. The highest BCUT2D eigenvalue weighted by Gasteiger charge is 2.27. The standard InChI is InChI=1S/C16H20N4O2S/c1-10(2)20-14(18-19-16(20)23)9-17-15(21)12-7-8-22-13-6-4-3-5-11(12)13/h3-6,10,12H,7-9H2,1-2H3,(H,17,21)(H,19,23)/t12-/m1/s1. The first-order valence-electron chi connectivity index (χ1n) is 7.73. The summed E-state index contributed by atoms with van der Waals surface area (Å²) >= 11 is 5.22. The molecular formula is C16H20N4O2S. The van der Waals surface area contributed by atoms with E-state index < -0.39 is 0 Å². The van der Waals surface area contributed by atoms with E-state index >= 15 is 0 Å². The number of rotatable bonds is 4. The molecule has 0 aliphatic carbocycles. The van der Waals surface area contributed by atoms with Crippen LogP contribution in [0.1, 0.15) is 43.6 Å². The van der Waals surface area contributed by atoms with Crippen LogP contribution in [0.2, 0.25) is 0 Å². The molecule has 0 spiro atoms. The first-order chi connectivity index (χ1) is 11.1. The number of fused-ring (bicyclic) bond motifs is 1. The minimum atomic E-state index is -0.186. The number of ether oxygens (including phenoxy) is 1. The van der Waals surface area contributed by atoms with E-state index in [-0.39, 0.29) is 17.9 Å². The third-order valence-electron chi connectivity index (χ3n) is 3.99. The quantitative estimate of drug-likeness (QED) is 0.845. The van der Waals surface area contributed by atoms with E-state index in [1.165, 1.54) is 0 Å². The summed E-state index contributed by atoms with van der Waals surface area (Å²) in [7, 11) is 0. The van der Waals surface area contributed by atoms with Crippen molar-refractivity contribution in [2.75, 3.05) is 6.61 Å². The summed E-state index contributed by atoms with van der Waals surface area (Å²) < 4.78 is 8.09. The monoisotopic (exact) mass is 332 g/mol. The van der Waals surface area contributed by atoms with Crippen molar-refractivity contribution in [3.8, 4) is 5.75 Å². The first kappa shape index (κ1) is 15.7. The number of aromatic amines is 1. The minimum Gasteiger partial charge on any atom is -0.493 e. The molecule has 1 amide bonds. The number of nitrogens with zero attached hydrogens (tertiary/aromatic N) is 2. The van der Waals surface area contributed by atoms with Gasteiger partial charge in [-0.25, -0.2) is 0 Å². The van der Waals surface area contributed by atoms with E-state index in [4.69, 9.17) is 17.0 Å². The van der Waals surface area contributed by atoms with E-state index in [1.54, 1.807) is 0 Å². The Labute approximate surface area is 139 Å². The van der Waals surface area contributed by atoms with Gasteiger partial charge in [0.1, 0.15) is 5.75 Å². The van der Waals surface area contributed by atoms with Crippen LogP contribution in [0.3, 0.4) is 0 Å². The highest BCUT2D eigenvalue weighted by atomic mass is 32.1. The number of amides is 1. The molecule has 0 fully saturated rings. The Morgan fingerprint density at radius 2 is 2.30 bits per heavy atom. The molecule has 23 heavy (non-hydrogen) atoms. The van der Waals surface area contributed by atoms with Crippen LogP contribution in [-0.2, 0) is 11.3 Å². The van der Waals surface area contributed by atoms with Gasteiger partial charge < -0.3 is 14.6 Å². The van der Waals surface area contributed by atoms with E-state index in [0.29, 0.717) is 24.3 Å². The molecule has 0 radical (unpaired) electrons. The summed E-state index contributed by atoms with van der Waals surface area (Å²) in [6.45, 7) is 4.97. The number of carbonyl (C=O) groups is 1. The summed E-state index contributed by atoms with van der Waals surface area (Å²) in [5, 5.41) is 9.96. The first-order valence-corrected chi connectivity index (χ1v) is 8.14. The SMILES string of the molecule is CC(C)n1c(CNC(=O)[C@@H]2CCOc3ccccc32)n[nH]c1=S. The maximum Gasteiger partial charge on any atom is 0.228 e. The number of aromatic nitrogens is 3. The number of H-pyrrole nitrogens is 1. The lowest BCUT2D eigenvalue weighted by Gasteiger charge is -2.25. The largest absolute Gasteiger partial charge is 0.493 e. The zero-order valence-corrected chi connectivity index (χ0v) is 14.0. The van der Waals surface area contributed by atoms with Gasteiger partial charge in [-0.05, 0) is 38.6 Å². The molecule has 1 aromatic heterocycles. The molecule has 0 bridgehead atoms. The van der Waals surface area contributed by atoms with Crippen molar-refractivity contribution in [3.05, 3.63) is 40.4 Å². The fraction of sp³-hybridized carbons (Fsp3) is 0.438. The topological polar surface area (TPSA) is 71.9 Å². The van der Waals surface area contributed by atoms with Crippen molar-refractivity contribution >= 4 is 18.1 Å². The Hall–Kier alpha value is -2.15. The van der Waals surface area contributed by atoms with E-state index in [9.17, 15) is 4.79 Å². The lowest BCUT2D eigenvalue weighted by Crippen LogP contribution is -2.33. The fourth-order valence-electron chi connectivity index (χ4n) is 2.90. The van der Waals surface area contributed by atoms with Gasteiger partial charge in [-0.2, -0.15) is 5.10 Å². The van der Waals surface area contributed by atoms with Crippen LogP contribution in [0.25, 0.3) is 0 Å². The number of carbonyl (C=O) groups excluding carboxylic acids is 1. The molecule has 2 heterocycles. The average Bonchev–Trinajstić information content (AvgIpc) is 2.93. The Balaban J connectivity index is 1.73. The zero-order chi connectivity index (χ0) is 16.4. The molecule has 1 aliphatic heterocycles. The molecular weight excluding hydrogens is 312 g/mol. The zero-order valence-electron chi connectivity index (χ0n) is 13.2. The molecule has 122 valence electrons. The van der Waals surface area contributed by atoms with Gasteiger partial charge in [0.15, 0.2) is 10.6 Å². The van der Waals surface area contributed by atoms with Crippen LogP contribution >= 0.6 is 12.2 Å². The maximum atomic E-state index is 12.6. The molecule has 6 nitrogen and oxygen atoms in total. The number of benzene rings is 1. The van der Waals surface area contributed by atoms with Crippen LogP contribution < -0.4 is 10.1 Å². The lowest BCUT2D eigenvalue weighted by molar-refractivity contribution is -0.123. The summed E-state index contributed by atoms with van der Waals surface area (Å²) in [6, 6.07) is 7.88. The number of para-hydroxylation sites is 1. The van der Waals surface area contributed by atoms with Gasteiger partial charge in [0.2, 0.25) is 5.91 Å². The van der Waals surface area contributed by atoms with E-state index in [0.717, 1.165) is 17.1 Å². The Morgan fingerprint density at radius 3 is 3.09 bits per heavy atom. The van der Waals surface area contributed by atoms with Gasteiger partial charge in [0, 0.05) is 11.6 Å². The highest BCUT2D eigenvalue weighted by molar-refractivity contribution is 7.71. The van der Waals surface area contributed by atoms with Crippen LogP contribution in [0.4, 0.5) is 0 Å². The van der Waals surface area contributed by atoms with Crippen molar-refractivity contribution in [2.45, 2.75) is 38.8 Å². The average molecular weight is 332 g/mol. The van der Waals surface area contributed by atoms with Gasteiger partial charge in [-0.1, -0.05) is 18.2 Å². The lowest BCUT2D eigenvalue weighted by atomic mass is 9.92. The number of hydrogen-bond acceptors (Lipinski definition) is 4. The second-order valence-electron chi connectivity index (χ2n) is 5.85. The van der Waals surface area contributed by atoms with Gasteiger partial charge in [0.25, 0.3) is 0 Å². The van der Waals surface area contributed by atoms with Crippen LogP contribution in [0.15, 0.2) is 24.3 Å². The van der Waals surface area contributed by atoms with Crippen molar-refractivity contribution in [1.82, 2.24) is 20.1 Å². The molecule has 0 unspecified atom stereocenters. The summed E-state index contributed by atoms with van der Waals surface area (Å²) in [6.07, 6.45) is 0.680. The maximum absolute atomic E-state index is 12.6. The van der Waals surface area contributed by atoms with Gasteiger partial charge in [0.05, 0.1) is 19.1 Å². The highest BCUT2D eigenvalue weighted by Crippen LogP contribution is 2.33. The smallest absolute Gasteiger partial charge is 0.228 e. The molecule has 7 heteroatoms. The summed E-state index contributed by atoms with van der Waals surface area (Å²) in [5.74, 6) is 1.33. The van der Waals surface area contributed by atoms with Crippen LogP contribution in [-0.4, -0.2) is 27.3 Å². The van der Waals surface area contributed by atoms with Gasteiger partial charge in [-0.15, -0.1) is 0 Å². The Bertz CT molecular complexity index is 765. The fourth-order valence-corrected chi connectivity index (χ4v) is 3.26. The summed E-state index contributed by atoms with van der Waals surface area (Å²) in [4.78, 5) is 12.6. The van der Waals surface area contributed by atoms with Crippen molar-refractivity contribution < 1.29 is 9.53 Å². The second kappa shape index (κ2) is 6.54. The third-order valence-corrected chi connectivity index (χ3v) is 4.28.